The predicted octanol–water partition coefficient (Wildman–Crippen LogP) is -1.55. The summed E-state index contributed by atoms with van der Waals surface area (Å²) in [6.45, 7) is 10.2. The van der Waals surface area contributed by atoms with E-state index in [1.54, 1.807) is 0 Å². The zero-order valence-electron chi connectivity index (χ0n) is 24.5. The highest BCUT2D eigenvalue weighted by molar-refractivity contribution is 7.88. The van der Waals surface area contributed by atoms with Crippen molar-refractivity contribution < 1.29 is 101 Å². The summed E-state index contributed by atoms with van der Waals surface area (Å²) in [5.74, 6) is -1.74. The topological polar surface area (TPSA) is 384 Å². The number of carbonyl (C=O) groups excluding carboxylic acids is 2. The van der Waals surface area contributed by atoms with E-state index in [0.717, 1.165) is 0 Å². The summed E-state index contributed by atoms with van der Waals surface area (Å²) >= 11 is 0. The molecule has 0 saturated heterocycles. The second-order valence-electron chi connectivity index (χ2n) is 9.12. The summed E-state index contributed by atoms with van der Waals surface area (Å²) in [4.78, 5) is 81.4. The predicted molar refractivity (Wildman–Crippen MR) is 147 cm³/mol. The normalized spacial score (nSPS) is 16.7. The highest BCUT2D eigenvalue weighted by Crippen LogP contribution is 2.54. The Morgan fingerprint density at radius 2 is 1.37 bits per heavy atom. The Morgan fingerprint density at radius 3 is 1.70 bits per heavy atom. The zero-order valence-corrected chi connectivity index (χ0v) is 29.7. The molecule has 22 nitrogen and oxygen atoms in total. The van der Waals surface area contributed by atoms with Gasteiger partial charge >= 0.3 is 19.5 Å². The molecule has 0 heterocycles. The van der Waals surface area contributed by atoms with Crippen molar-refractivity contribution in [1.29, 1.82) is 0 Å². The van der Waals surface area contributed by atoms with E-state index in [-0.39, 0.29) is 18.4 Å². The van der Waals surface area contributed by atoms with Crippen LogP contribution in [-0.2, 0) is 66.2 Å². The molecule has 0 amide bonds. The summed E-state index contributed by atoms with van der Waals surface area (Å²) in [6.07, 6.45) is -1.98. The minimum atomic E-state index is -5.60. The number of esters is 2. The van der Waals surface area contributed by atoms with E-state index in [0.29, 0.717) is 5.41 Å². The van der Waals surface area contributed by atoms with Gasteiger partial charge in [-0.25, -0.2) is 17.5 Å². The highest BCUT2D eigenvalue weighted by Gasteiger charge is 2.37. The molecule has 274 valence electrons. The smallest absolute Gasteiger partial charge is 0.337 e. The molecular weight excluding hydrogens is 756 g/mol. The van der Waals surface area contributed by atoms with E-state index in [2.05, 4.69) is 26.5 Å². The lowest BCUT2D eigenvalue weighted by Gasteiger charge is -2.35. The quantitative estimate of drug-likeness (QED) is 0.0650. The number of rotatable bonds is 17. The average molecular weight is 789 g/mol. The Kier molecular flexibility index (Phi) is 21.1. The Hall–Kier alpha value is -1.16. The van der Waals surface area contributed by atoms with Gasteiger partial charge in [0, 0.05) is 17.1 Å². The SMILES string of the molecule is C=C(C)C(=O)OCCP(=O)([O-])OP(=O)([O-])[O-].C=CS(=O)(=O)[O-].CCC(CC(C)(C)C(=O)OCCP(=O)(O)OP(=O)([O-])O)S(=O)(=O)O. The van der Waals surface area contributed by atoms with Crippen molar-refractivity contribution in [1.82, 2.24) is 0 Å². The number of ether oxygens (including phenoxy) is 2. The number of phosphoric acid groups is 2. The summed E-state index contributed by atoms with van der Waals surface area (Å²) < 4.78 is 118. The van der Waals surface area contributed by atoms with Crippen LogP contribution in [0.3, 0.4) is 0 Å². The van der Waals surface area contributed by atoms with Crippen molar-refractivity contribution in [2.45, 2.75) is 45.8 Å². The van der Waals surface area contributed by atoms with E-state index in [4.69, 9.17) is 19.1 Å². The molecule has 0 aliphatic heterocycles. The van der Waals surface area contributed by atoms with Crippen LogP contribution in [-0.4, -0.2) is 78.5 Å². The second kappa shape index (κ2) is 19.7. The van der Waals surface area contributed by atoms with Gasteiger partial charge in [0.2, 0.25) is 0 Å². The van der Waals surface area contributed by atoms with Gasteiger partial charge in [-0.1, -0.05) is 20.1 Å². The maximum atomic E-state index is 11.9. The molecule has 0 fully saturated rings. The van der Waals surface area contributed by atoms with Gasteiger partial charge in [-0.15, -0.1) is 0 Å². The van der Waals surface area contributed by atoms with Gasteiger partial charge in [-0.3, -0.25) is 18.5 Å². The monoisotopic (exact) mass is 789 g/mol. The summed E-state index contributed by atoms with van der Waals surface area (Å²) in [6, 6.07) is 0. The van der Waals surface area contributed by atoms with E-state index in [1.807, 2.05) is 0 Å². The minimum Gasteiger partial charge on any atom is -0.790 e. The maximum absolute atomic E-state index is 11.9. The average Bonchev–Trinajstić information content (AvgIpc) is 2.78. The van der Waals surface area contributed by atoms with Crippen LogP contribution in [0, 0.1) is 5.41 Å². The fraction of sp³-hybridized carbons (Fsp3) is 0.667. The van der Waals surface area contributed by atoms with Crippen LogP contribution in [0.1, 0.15) is 40.5 Å². The first-order valence-corrected chi connectivity index (χ1v) is 21.2. The van der Waals surface area contributed by atoms with Gasteiger partial charge in [0.05, 0.1) is 31.3 Å². The molecule has 0 aliphatic rings. The lowest BCUT2D eigenvalue weighted by molar-refractivity contribution is -0.337. The molecule has 46 heavy (non-hydrogen) atoms. The number of carbonyl (C=O) groups is 2. The number of hydrogen-bond donors (Lipinski definition) is 3. The van der Waals surface area contributed by atoms with Crippen LogP contribution >= 0.6 is 30.8 Å². The third kappa shape index (κ3) is 29.0. The fourth-order valence-corrected chi connectivity index (χ4v) is 7.18. The van der Waals surface area contributed by atoms with E-state index in [1.165, 1.54) is 27.7 Å². The molecule has 0 radical (unpaired) electrons. The molecule has 3 N–H and O–H groups in total. The van der Waals surface area contributed by atoms with Gasteiger partial charge in [-0.05, 0) is 33.6 Å². The van der Waals surface area contributed by atoms with Gasteiger partial charge in [0.25, 0.3) is 17.9 Å². The van der Waals surface area contributed by atoms with Crippen molar-refractivity contribution in [3.63, 3.8) is 0 Å². The maximum Gasteiger partial charge on any atom is 0.337 e. The summed E-state index contributed by atoms with van der Waals surface area (Å²) in [5.41, 5.74) is -1.28. The molecule has 0 aliphatic carbocycles. The second-order valence-corrected chi connectivity index (χ2v) is 18.7. The minimum absolute atomic E-state index is 0.0555. The van der Waals surface area contributed by atoms with Crippen LogP contribution < -0.4 is 19.6 Å². The fourth-order valence-electron chi connectivity index (χ4n) is 2.33. The van der Waals surface area contributed by atoms with Gasteiger partial charge < -0.3 is 56.8 Å². The first-order valence-electron chi connectivity index (χ1n) is 11.7. The molecule has 4 atom stereocenters. The Bertz CT molecular complexity index is 1450. The Morgan fingerprint density at radius 1 is 0.935 bits per heavy atom. The van der Waals surface area contributed by atoms with Crippen molar-refractivity contribution >= 4 is 63.0 Å². The van der Waals surface area contributed by atoms with E-state index >= 15 is 0 Å². The zero-order chi connectivity index (χ0) is 37.6. The molecule has 0 spiro atoms. The highest BCUT2D eigenvalue weighted by atomic mass is 32.2. The molecule has 0 aromatic heterocycles. The molecule has 0 aromatic carbocycles. The van der Waals surface area contributed by atoms with Crippen molar-refractivity contribution in [2.24, 2.45) is 5.41 Å². The van der Waals surface area contributed by atoms with Gasteiger partial charge in [0.15, 0.2) is 0 Å². The van der Waals surface area contributed by atoms with Gasteiger partial charge in [-0.2, -0.15) is 8.42 Å². The summed E-state index contributed by atoms with van der Waals surface area (Å²) in [5, 5.41) is -0.833. The third-order valence-corrected chi connectivity index (χ3v) is 11.3. The lowest BCUT2D eigenvalue weighted by atomic mass is 9.87. The van der Waals surface area contributed by atoms with Crippen LogP contribution in [0.15, 0.2) is 24.1 Å². The third-order valence-electron chi connectivity index (χ3n) is 4.38. The molecule has 0 rings (SSSR count). The number of hydrogen-bond acceptors (Lipinski definition) is 19. The van der Waals surface area contributed by atoms with Crippen LogP contribution in [0.2, 0.25) is 0 Å². The van der Waals surface area contributed by atoms with Crippen molar-refractivity contribution in [2.75, 3.05) is 25.5 Å². The molecule has 0 saturated carbocycles. The van der Waals surface area contributed by atoms with Gasteiger partial charge in [0.1, 0.15) is 24.3 Å². The molecule has 28 heteroatoms. The van der Waals surface area contributed by atoms with Crippen LogP contribution in [0.4, 0.5) is 0 Å². The lowest BCUT2D eigenvalue weighted by Crippen LogP contribution is -2.34. The largest absolute Gasteiger partial charge is 0.790 e. The molecule has 0 bridgehead atoms. The van der Waals surface area contributed by atoms with E-state index in [9.17, 15) is 68.8 Å². The van der Waals surface area contributed by atoms with Crippen molar-refractivity contribution in [3.8, 4) is 0 Å². The van der Waals surface area contributed by atoms with Crippen LogP contribution in [0.5, 0.6) is 0 Å². The van der Waals surface area contributed by atoms with E-state index < -0.39 is 99.2 Å². The molecule has 4 unspecified atom stereocenters. The first-order chi connectivity index (χ1) is 20.1. The summed E-state index contributed by atoms with van der Waals surface area (Å²) in [7, 11) is -29.1. The Balaban J connectivity index is -0.000000718. The molecule has 0 aromatic rings. The van der Waals surface area contributed by atoms with Crippen LogP contribution in [0.25, 0.3) is 0 Å². The first kappa shape index (κ1) is 49.2. The standard InChI is InChI=1S/C10H22O11P2S.C6H12O8P2.C2H4O3S/c1-4-8(24(17,18)19)7-10(2,3)9(11)20-5-6-22(12,13)21-23(14,15)16;1-5(2)6(7)13-3-4-15(8,9)14-16(10,11)12;1-2-6(3,4)5/h8H,4-7H2,1-3H3,(H,12,13)(H2,14,15,16)(H,17,18,19);1,3-4H2,2H3,(H,8,9)(H2,10,11,12);2H,1H2,(H,3,4,5)/p-5. The Labute approximate surface area is 264 Å². The molecular formula is C18H33O22P4S2-5. The van der Waals surface area contributed by atoms with Crippen molar-refractivity contribution in [3.05, 3.63) is 24.1 Å².